The zero-order valence-electron chi connectivity index (χ0n) is 8.27. The van der Waals surface area contributed by atoms with Crippen molar-refractivity contribution in [3.05, 3.63) is 17.9 Å². The molecule has 0 aliphatic carbocycles. The van der Waals surface area contributed by atoms with Gasteiger partial charge in [-0.3, -0.25) is 0 Å². The minimum Gasteiger partial charge on any atom is -0.393 e. The van der Waals surface area contributed by atoms with E-state index in [1.54, 1.807) is 0 Å². The van der Waals surface area contributed by atoms with Crippen LogP contribution >= 0.6 is 0 Å². The first-order valence-electron chi connectivity index (χ1n) is 4.80. The molecule has 12 heavy (non-hydrogen) atoms. The van der Waals surface area contributed by atoms with Gasteiger partial charge in [0.15, 0.2) is 0 Å². The summed E-state index contributed by atoms with van der Waals surface area (Å²) in [4.78, 5) is 0. The van der Waals surface area contributed by atoms with E-state index >= 15 is 0 Å². The Bertz CT molecular complexity index is 154. The van der Waals surface area contributed by atoms with Crippen molar-refractivity contribution in [3.63, 3.8) is 0 Å². The van der Waals surface area contributed by atoms with E-state index in [0.717, 1.165) is 19.3 Å². The fraction of sp³-hybridized carbons (Fsp3) is 0.727. The lowest BCUT2D eigenvalue weighted by Gasteiger charge is -2.08. The molecule has 0 radical (unpaired) electrons. The van der Waals surface area contributed by atoms with E-state index in [2.05, 4.69) is 19.2 Å². The Balaban J connectivity index is 3.77. The minimum absolute atomic E-state index is 0.203. The molecule has 1 N–H and O–H groups in total. The van der Waals surface area contributed by atoms with Crippen LogP contribution in [0.3, 0.4) is 0 Å². The maximum atomic E-state index is 9.37. The monoisotopic (exact) mass is 168 g/mol. The normalized spacial score (nSPS) is 12.2. The molecule has 0 saturated heterocycles. The van der Waals surface area contributed by atoms with Crippen LogP contribution in [-0.4, -0.2) is 11.2 Å². The number of hydrogen-bond acceptors (Lipinski definition) is 1. The van der Waals surface area contributed by atoms with Crippen molar-refractivity contribution in [2.24, 2.45) is 0 Å². The van der Waals surface area contributed by atoms with E-state index in [1.807, 2.05) is 6.92 Å². The van der Waals surface area contributed by atoms with Crippen molar-refractivity contribution in [3.8, 4) is 0 Å². The molecule has 1 heteroatoms. The van der Waals surface area contributed by atoms with Gasteiger partial charge in [0, 0.05) is 6.42 Å². The molecule has 0 saturated carbocycles. The Kier molecular flexibility index (Phi) is 6.84. The molecule has 0 unspecified atom stereocenters. The highest BCUT2D eigenvalue weighted by Gasteiger charge is 2.03. The summed E-state index contributed by atoms with van der Waals surface area (Å²) in [5.74, 6) is 0. The summed E-state index contributed by atoms with van der Waals surface area (Å²) in [6, 6.07) is 0. The molecule has 0 bridgehead atoms. The number of hydrogen-bond donors (Lipinski definition) is 1. The molecule has 0 amide bonds. The minimum atomic E-state index is -0.203. The standard InChI is InChI=1S/C11H20O/c1-4-7-8-10(5-2)9-11(12)6-3/h11-12H,2,4,6-9H2,1,3H3/t11-/m0/s1. The van der Waals surface area contributed by atoms with Gasteiger partial charge in [-0.15, -0.1) is 5.73 Å². The summed E-state index contributed by atoms with van der Waals surface area (Å²) < 4.78 is 0. The summed E-state index contributed by atoms with van der Waals surface area (Å²) in [6.45, 7) is 7.78. The molecule has 0 aliphatic rings. The number of unbranched alkanes of at least 4 members (excludes halogenated alkanes) is 1. The topological polar surface area (TPSA) is 20.2 Å². The van der Waals surface area contributed by atoms with Crippen molar-refractivity contribution in [1.29, 1.82) is 0 Å². The molecule has 0 spiro atoms. The molecule has 0 fully saturated rings. The first-order chi connectivity index (χ1) is 5.74. The van der Waals surface area contributed by atoms with E-state index in [9.17, 15) is 5.11 Å². The fourth-order valence-corrected chi connectivity index (χ4v) is 1.08. The molecule has 1 nitrogen and oxygen atoms in total. The van der Waals surface area contributed by atoms with Crippen LogP contribution in [0.5, 0.6) is 0 Å². The lowest BCUT2D eigenvalue weighted by atomic mass is 10.0. The van der Waals surface area contributed by atoms with Gasteiger partial charge >= 0.3 is 0 Å². The summed E-state index contributed by atoms with van der Waals surface area (Å²) >= 11 is 0. The van der Waals surface area contributed by atoms with Crippen LogP contribution in [-0.2, 0) is 0 Å². The fourth-order valence-electron chi connectivity index (χ4n) is 1.08. The first kappa shape index (κ1) is 11.5. The summed E-state index contributed by atoms with van der Waals surface area (Å²) in [5, 5.41) is 9.37. The van der Waals surface area contributed by atoms with E-state index in [1.165, 1.54) is 18.4 Å². The highest BCUT2D eigenvalue weighted by atomic mass is 16.3. The number of rotatable bonds is 6. The highest BCUT2D eigenvalue weighted by molar-refractivity contribution is 5.00. The highest BCUT2D eigenvalue weighted by Crippen LogP contribution is 2.13. The van der Waals surface area contributed by atoms with Crippen molar-refractivity contribution < 1.29 is 5.11 Å². The van der Waals surface area contributed by atoms with Gasteiger partial charge in [0.2, 0.25) is 0 Å². The van der Waals surface area contributed by atoms with Crippen LogP contribution in [0.1, 0.15) is 46.0 Å². The third-order valence-electron chi connectivity index (χ3n) is 2.04. The second-order valence-electron chi connectivity index (χ2n) is 3.15. The Morgan fingerprint density at radius 1 is 1.50 bits per heavy atom. The molecule has 0 aromatic rings. The molecular formula is C11H20O. The van der Waals surface area contributed by atoms with E-state index in [0.29, 0.717) is 0 Å². The molecule has 1 atom stereocenters. The second kappa shape index (κ2) is 7.15. The quantitative estimate of drug-likeness (QED) is 0.604. The zero-order valence-corrected chi connectivity index (χ0v) is 8.27. The van der Waals surface area contributed by atoms with Gasteiger partial charge in [0.05, 0.1) is 6.10 Å². The zero-order chi connectivity index (χ0) is 9.40. The van der Waals surface area contributed by atoms with Gasteiger partial charge in [0.1, 0.15) is 0 Å². The average molecular weight is 168 g/mol. The summed E-state index contributed by atoms with van der Waals surface area (Å²) in [6.07, 6.45) is 4.77. The van der Waals surface area contributed by atoms with Crippen molar-refractivity contribution in [1.82, 2.24) is 0 Å². The SMILES string of the molecule is C=C=C(CCCC)C[C@@H](O)CC. The van der Waals surface area contributed by atoms with Crippen LogP contribution in [0.25, 0.3) is 0 Å². The van der Waals surface area contributed by atoms with Gasteiger partial charge < -0.3 is 5.11 Å². The molecule has 70 valence electrons. The Morgan fingerprint density at radius 2 is 2.17 bits per heavy atom. The summed E-state index contributed by atoms with van der Waals surface area (Å²) in [5.41, 5.74) is 4.08. The Labute approximate surface area is 75.8 Å². The van der Waals surface area contributed by atoms with Crippen LogP contribution in [0.2, 0.25) is 0 Å². The predicted molar refractivity (Wildman–Crippen MR) is 53.1 cm³/mol. The van der Waals surface area contributed by atoms with E-state index < -0.39 is 0 Å². The van der Waals surface area contributed by atoms with Crippen molar-refractivity contribution >= 4 is 0 Å². The van der Waals surface area contributed by atoms with Gasteiger partial charge in [-0.2, -0.15) is 0 Å². The van der Waals surface area contributed by atoms with Crippen LogP contribution in [0.15, 0.2) is 17.9 Å². The van der Waals surface area contributed by atoms with Crippen LogP contribution in [0.4, 0.5) is 0 Å². The molecule has 0 aromatic carbocycles. The molecule has 0 aliphatic heterocycles. The largest absolute Gasteiger partial charge is 0.393 e. The van der Waals surface area contributed by atoms with Crippen molar-refractivity contribution in [2.45, 2.75) is 52.1 Å². The first-order valence-corrected chi connectivity index (χ1v) is 4.80. The maximum Gasteiger partial charge on any atom is 0.0580 e. The van der Waals surface area contributed by atoms with Gasteiger partial charge in [-0.1, -0.05) is 26.8 Å². The smallest absolute Gasteiger partial charge is 0.0580 e. The number of aliphatic hydroxyl groups is 1. The predicted octanol–water partition coefficient (Wildman–Crippen LogP) is 3.05. The second-order valence-corrected chi connectivity index (χ2v) is 3.15. The van der Waals surface area contributed by atoms with E-state index in [-0.39, 0.29) is 6.10 Å². The molecule has 0 aromatic heterocycles. The van der Waals surface area contributed by atoms with E-state index in [4.69, 9.17) is 0 Å². The average Bonchev–Trinajstić information content (AvgIpc) is 2.11. The third-order valence-corrected chi connectivity index (χ3v) is 2.04. The molecular weight excluding hydrogens is 148 g/mol. The van der Waals surface area contributed by atoms with Gasteiger partial charge in [-0.25, -0.2) is 0 Å². The Hall–Kier alpha value is -0.520. The lowest BCUT2D eigenvalue weighted by Crippen LogP contribution is -2.05. The maximum absolute atomic E-state index is 9.37. The van der Waals surface area contributed by atoms with Gasteiger partial charge in [-0.05, 0) is 24.8 Å². The van der Waals surface area contributed by atoms with Crippen LogP contribution < -0.4 is 0 Å². The lowest BCUT2D eigenvalue weighted by molar-refractivity contribution is 0.169. The molecule has 0 rings (SSSR count). The third kappa shape index (κ3) is 5.17. The molecule has 0 heterocycles. The number of aliphatic hydroxyl groups excluding tert-OH is 1. The summed E-state index contributed by atoms with van der Waals surface area (Å²) in [7, 11) is 0. The van der Waals surface area contributed by atoms with Gasteiger partial charge in [0.25, 0.3) is 0 Å². The Morgan fingerprint density at radius 3 is 2.58 bits per heavy atom. The van der Waals surface area contributed by atoms with Crippen molar-refractivity contribution in [2.75, 3.05) is 0 Å². The van der Waals surface area contributed by atoms with Crippen LogP contribution in [0, 0.1) is 0 Å².